The van der Waals surface area contributed by atoms with E-state index in [-0.39, 0.29) is 16.5 Å². The molecule has 14 nitrogen and oxygen atoms in total. The predicted octanol–water partition coefficient (Wildman–Crippen LogP) is -0.105. The first-order chi connectivity index (χ1) is 18.1. The molecule has 2 heterocycles. The molecule has 1 atom stereocenters. The quantitative estimate of drug-likeness (QED) is 0.101. The van der Waals surface area contributed by atoms with E-state index in [1.807, 2.05) is 4.72 Å². The van der Waals surface area contributed by atoms with Crippen LogP contribution in [-0.2, 0) is 14.8 Å². The van der Waals surface area contributed by atoms with Gasteiger partial charge in [0.1, 0.15) is 17.5 Å². The number of aliphatic carboxylic acids is 1. The number of ether oxygens (including phenoxy) is 1. The molecule has 0 fully saturated rings. The summed E-state index contributed by atoms with van der Waals surface area (Å²) in [5.74, 6) is -1.11. The molecule has 8 N–H and O–H groups in total. The number of benzene rings is 1. The lowest BCUT2D eigenvalue weighted by Gasteiger charge is -2.16. The molecule has 0 radical (unpaired) electrons. The average molecular weight is 546 g/mol. The molecule has 2 amide bonds. The number of sulfonamides is 1. The highest BCUT2D eigenvalue weighted by Crippen LogP contribution is 2.14. The minimum Gasteiger partial charge on any atom is -0.492 e. The summed E-state index contributed by atoms with van der Waals surface area (Å²) < 4.78 is 33.8. The Morgan fingerprint density at radius 2 is 1.79 bits per heavy atom. The van der Waals surface area contributed by atoms with E-state index in [1.165, 1.54) is 40.9 Å². The van der Waals surface area contributed by atoms with Crippen molar-refractivity contribution in [2.45, 2.75) is 17.4 Å². The van der Waals surface area contributed by atoms with E-state index in [1.54, 1.807) is 24.3 Å². The first-order valence-corrected chi connectivity index (χ1v) is 12.7. The predicted molar refractivity (Wildman–Crippen MR) is 140 cm³/mol. The third-order valence-electron chi connectivity index (χ3n) is 5.05. The fourth-order valence-electron chi connectivity index (χ4n) is 3.21. The Morgan fingerprint density at radius 1 is 1.08 bits per heavy atom. The normalized spacial score (nSPS) is 11.9. The molecule has 1 aromatic carbocycles. The van der Waals surface area contributed by atoms with Crippen molar-refractivity contribution in [2.75, 3.05) is 25.0 Å². The van der Waals surface area contributed by atoms with Gasteiger partial charge in [-0.15, -0.1) is 0 Å². The van der Waals surface area contributed by atoms with Crippen LogP contribution in [0.5, 0.6) is 5.75 Å². The summed E-state index contributed by atoms with van der Waals surface area (Å²) in [6.45, 7) is 0.103. The number of nitrogens with two attached hydrogens (primary N) is 2. The lowest BCUT2D eigenvalue weighted by Crippen LogP contribution is -2.49. The Labute approximate surface area is 217 Å². The zero-order chi connectivity index (χ0) is 27.7. The summed E-state index contributed by atoms with van der Waals surface area (Å²) in [4.78, 5) is 40.6. The molecule has 0 aliphatic heterocycles. The summed E-state index contributed by atoms with van der Waals surface area (Å²) in [6, 6.07) is 11.0. The number of nitrogens with zero attached hydrogens (tertiary/aromatic N) is 2. The number of carboxylic acid groups (broad SMARTS) is 1. The van der Waals surface area contributed by atoms with Crippen LogP contribution in [0, 0.1) is 0 Å². The number of urea groups is 1. The Kier molecular flexibility index (Phi) is 9.23. The van der Waals surface area contributed by atoms with Gasteiger partial charge in [-0.25, -0.2) is 13.2 Å². The van der Waals surface area contributed by atoms with Gasteiger partial charge in [0.25, 0.3) is 5.56 Å². The minimum absolute atomic E-state index is 0.0155. The number of amides is 2. The Balaban J connectivity index is 1.63. The standard InChI is InChI=1S/C23H27N7O7S/c24-22(25)26-11-4-12-37-16-9-7-15-8-10-18(20(31)30(15)14-16)28-23(34)27-13-19(21(32)33)29-38(35,36)17-5-2-1-3-6-17/h1-3,5-10,14,19,29H,4,11-13H2,(H,32,33)(H4,24,25,26)(H2,27,28,34). The van der Waals surface area contributed by atoms with Crippen molar-refractivity contribution < 1.29 is 27.9 Å². The Bertz CT molecular complexity index is 1490. The molecule has 15 heteroatoms. The fourth-order valence-corrected chi connectivity index (χ4v) is 4.42. The van der Waals surface area contributed by atoms with Gasteiger partial charge in [-0.05, 0) is 36.4 Å². The van der Waals surface area contributed by atoms with Crippen molar-refractivity contribution in [3.8, 4) is 5.75 Å². The third kappa shape index (κ3) is 7.68. The number of guanidine groups is 1. The van der Waals surface area contributed by atoms with E-state index in [0.29, 0.717) is 30.8 Å². The molecule has 3 aromatic rings. The molecule has 202 valence electrons. The summed E-state index contributed by atoms with van der Waals surface area (Å²) in [7, 11) is -4.15. The van der Waals surface area contributed by atoms with Gasteiger partial charge in [0.05, 0.1) is 17.7 Å². The molecule has 0 aliphatic rings. The highest BCUT2D eigenvalue weighted by Gasteiger charge is 2.26. The number of anilines is 1. The number of hydrogen-bond donors (Lipinski definition) is 6. The molecule has 38 heavy (non-hydrogen) atoms. The van der Waals surface area contributed by atoms with E-state index in [0.717, 1.165) is 0 Å². The molecule has 0 saturated heterocycles. The number of pyridine rings is 2. The highest BCUT2D eigenvalue weighted by molar-refractivity contribution is 7.89. The summed E-state index contributed by atoms with van der Waals surface area (Å²) in [6.07, 6.45) is 2.01. The second-order valence-electron chi connectivity index (χ2n) is 7.88. The number of carbonyl (C=O) groups excluding carboxylic acids is 1. The number of hydrogen-bond acceptors (Lipinski definition) is 7. The monoisotopic (exact) mass is 545 g/mol. The van der Waals surface area contributed by atoms with E-state index in [2.05, 4.69) is 15.6 Å². The maximum absolute atomic E-state index is 12.9. The number of aromatic nitrogens is 1. The van der Waals surface area contributed by atoms with Crippen LogP contribution in [-0.4, -0.2) is 61.6 Å². The van der Waals surface area contributed by atoms with Crippen LogP contribution < -0.4 is 37.1 Å². The van der Waals surface area contributed by atoms with Gasteiger partial charge < -0.3 is 31.9 Å². The maximum Gasteiger partial charge on any atom is 0.323 e. The fraction of sp³-hybridized carbons (Fsp3) is 0.217. The summed E-state index contributed by atoms with van der Waals surface area (Å²) in [5, 5.41) is 14.0. The second kappa shape index (κ2) is 12.6. The van der Waals surface area contributed by atoms with E-state index in [4.69, 9.17) is 16.2 Å². The Morgan fingerprint density at radius 3 is 2.47 bits per heavy atom. The van der Waals surface area contributed by atoms with Gasteiger partial charge in [-0.3, -0.25) is 19.0 Å². The number of fused-ring (bicyclic) bond motifs is 1. The second-order valence-corrected chi connectivity index (χ2v) is 9.59. The van der Waals surface area contributed by atoms with Gasteiger partial charge in [-0.2, -0.15) is 4.72 Å². The van der Waals surface area contributed by atoms with Crippen molar-refractivity contribution in [2.24, 2.45) is 16.5 Å². The molecular formula is C23H27N7O7S. The number of aliphatic imine (C=N–C) groups is 1. The zero-order valence-electron chi connectivity index (χ0n) is 20.0. The SMILES string of the molecule is NC(N)=NCCCOc1ccc2ccc(NC(=O)NCC(NS(=O)(=O)c3ccccc3)C(=O)O)c(=O)n2c1. The van der Waals surface area contributed by atoms with Crippen LogP contribution in [0.2, 0.25) is 0 Å². The molecule has 1 unspecified atom stereocenters. The minimum atomic E-state index is -4.15. The Hall–Kier alpha value is -4.63. The smallest absolute Gasteiger partial charge is 0.323 e. The van der Waals surface area contributed by atoms with Crippen molar-refractivity contribution in [3.63, 3.8) is 0 Å². The number of nitrogens with one attached hydrogen (secondary N) is 3. The van der Waals surface area contributed by atoms with Gasteiger partial charge in [0.15, 0.2) is 5.96 Å². The third-order valence-corrected chi connectivity index (χ3v) is 6.54. The topological polar surface area (TPSA) is 220 Å². The maximum atomic E-state index is 12.9. The lowest BCUT2D eigenvalue weighted by molar-refractivity contribution is -0.138. The largest absolute Gasteiger partial charge is 0.492 e. The highest BCUT2D eigenvalue weighted by atomic mass is 32.2. The molecule has 3 rings (SSSR count). The molecule has 0 saturated carbocycles. The van der Waals surface area contributed by atoms with Crippen molar-refractivity contribution >= 4 is 39.2 Å². The average Bonchev–Trinajstić information content (AvgIpc) is 2.88. The number of carboxylic acids is 1. The van der Waals surface area contributed by atoms with Gasteiger partial charge in [0, 0.05) is 25.0 Å². The van der Waals surface area contributed by atoms with Crippen LogP contribution >= 0.6 is 0 Å². The number of carbonyl (C=O) groups is 2. The molecule has 0 spiro atoms. The molecule has 2 aromatic heterocycles. The lowest BCUT2D eigenvalue weighted by atomic mass is 10.3. The van der Waals surface area contributed by atoms with Crippen LogP contribution in [0.15, 0.2) is 75.5 Å². The number of rotatable bonds is 12. The van der Waals surface area contributed by atoms with E-state index < -0.39 is 40.2 Å². The van der Waals surface area contributed by atoms with Crippen LogP contribution in [0.3, 0.4) is 0 Å². The van der Waals surface area contributed by atoms with Crippen LogP contribution in [0.4, 0.5) is 10.5 Å². The first kappa shape index (κ1) is 27.9. The van der Waals surface area contributed by atoms with E-state index >= 15 is 0 Å². The zero-order valence-corrected chi connectivity index (χ0v) is 20.8. The molecule has 0 aliphatic carbocycles. The first-order valence-electron chi connectivity index (χ1n) is 11.3. The molecular weight excluding hydrogens is 518 g/mol. The van der Waals surface area contributed by atoms with Gasteiger partial charge >= 0.3 is 12.0 Å². The van der Waals surface area contributed by atoms with Crippen molar-refractivity contribution in [3.05, 3.63) is 71.1 Å². The van der Waals surface area contributed by atoms with Gasteiger partial charge in [-0.1, -0.05) is 18.2 Å². The van der Waals surface area contributed by atoms with Crippen molar-refractivity contribution in [1.29, 1.82) is 0 Å². The van der Waals surface area contributed by atoms with Crippen LogP contribution in [0.1, 0.15) is 6.42 Å². The van der Waals surface area contributed by atoms with Crippen molar-refractivity contribution in [1.82, 2.24) is 14.4 Å². The van der Waals surface area contributed by atoms with Crippen LogP contribution in [0.25, 0.3) is 5.52 Å². The summed E-state index contributed by atoms with van der Waals surface area (Å²) in [5.41, 5.74) is 10.4. The molecule has 0 bridgehead atoms. The summed E-state index contributed by atoms with van der Waals surface area (Å²) >= 11 is 0. The van der Waals surface area contributed by atoms with E-state index in [9.17, 15) is 27.9 Å². The van der Waals surface area contributed by atoms with Gasteiger partial charge in [0.2, 0.25) is 10.0 Å².